The summed E-state index contributed by atoms with van der Waals surface area (Å²) in [6.07, 6.45) is -0.0199. The Bertz CT molecular complexity index is 1610. The van der Waals surface area contributed by atoms with E-state index in [9.17, 15) is 5.11 Å². The molecule has 0 amide bonds. The third-order valence-electron chi connectivity index (χ3n) is 8.05. The second-order valence-electron chi connectivity index (χ2n) is 11.2. The highest BCUT2D eigenvalue weighted by molar-refractivity contribution is 6.47. The van der Waals surface area contributed by atoms with Crippen LogP contribution >= 0.6 is 0 Å². The lowest BCUT2D eigenvalue weighted by atomic mass is 9.81. The molecule has 1 unspecified atom stereocenters. The summed E-state index contributed by atoms with van der Waals surface area (Å²) >= 11 is 0. The first-order valence-corrected chi connectivity index (χ1v) is 13.2. The Labute approximate surface area is 225 Å². The van der Waals surface area contributed by atoms with Crippen molar-refractivity contribution in [2.45, 2.75) is 45.1 Å². The summed E-state index contributed by atoms with van der Waals surface area (Å²) in [5, 5.41) is 19.2. The number of aliphatic hydroxyl groups is 1. The molecule has 0 radical (unpaired) electrons. The van der Waals surface area contributed by atoms with Crippen LogP contribution in [-0.4, -0.2) is 23.8 Å². The van der Waals surface area contributed by atoms with Gasteiger partial charge in [-0.3, -0.25) is 0 Å². The van der Waals surface area contributed by atoms with Crippen molar-refractivity contribution in [2.75, 3.05) is 10.2 Å². The molecule has 1 aliphatic heterocycles. The number of nitrogens with one attached hydrogen (secondary N) is 1. The number of para-hydroxylation sites is 1. The number of nitrogens with zero attached hydrogens (tertiary/aromatic N) is 1. The number of hydrogen-bond acceptors (Lipinski definition) is 4. The Balaban J connectivity index is 1.53. The molecule has 0 fully saturated rings. The molecule has 1 atom stereocenters. The fourth-order valence-corrected chi connectivity index (χ4v) is 5.15. The molecule has 0 spiro atoms. The Morgan fingerprint density at radius 3 is 2.13 bits per heavy atom. The van der Waals surface area contributed by atoms with Gasteiger partial charge in [0, 0.05) is 11.1 Å². The van der Waals surface area contributed by atoms with Crippen molar-refractivity contribution in [3.63, 3.8) is 0 Å². The van der Waals surface area contributed by atoms with E-state index in [1.54, 1.807) is 13.8 Å². The molecule has 38 heavy (non-hydrogen) atoms. The van der Waals surface area contributed by atoms with Gasteiger partial charge in [0.2, 0.25) is 0 Å². The van der Waals surface area contributed by atoms with Crippen molar-refractivity contribution in [3.8, 4) is 0 Å². The van der Waals surface area contributed by atoms with E-state index in [1.807, 2.05) is 13.8 Å². The summed E-state index contributed by atoms with van der Waals surface area (Å²) in [6, 6.07) is 36.6. The van der Waals surface area contributed by atoms with E-state index in [4.69, 9.17) is 4.65 Å². The Kier molecular flexibility index (Phi) is 5.94. The topological polar surface area (TPSA) is 44.7 Å². The lowest BCUT2D eigenvalue weighted by molar-refractivity contribution is -0.0893. The molecule has 1 aliphatic rings. The molecule has 190 valence electrons. The molecule has 2 N–H and O–H groups in total. The lowest BCUT2D eigenvalue weighted by Gasteiger charge is -2.37. The van der Waals surface area contributed by atoms with E-state index in [2.05, 4.69) is 113 Å². The Morgan fingerprint density at radius 2 is 1.42 bits per heavy atom. The fourth-order valence-electron chi connectivity index (χ4n) is 5.15. The van der Waals surface area contributed by atoms with Gasteiger partial charge in [-0.05, 0) is 67.6 Å². The first kappa shape index (κ1) is 24.5. The van der Waals surface area contributed by atoms with Gasteiger partial charge in [0.15, 0.2) is 0 Å². The molecular formula is C33H33BN2O2. The average molecular weight is 500 g/mol. The summed E-state index contributed by atoms with van der Waals surface area (Å²) in [4.78, 5) is 2.42. The standard InChI is InChI=1S/C33H33BN2O2/c1-32(2,37)33(3,4)38-34-25-19-17-22-15-16-23-18-20-28-30(29(23)27(22)21-25)36(26-13-9-6-10-14-26)31(35-28)24-11-7-5-8-12-24/h5-21,31,34-35,37H,1-4H3. The number of benzene rings is 5. The van der Waals surface area contributed by atoms with Gasteiger partial charge in [0.25, 0.3) is 0 Å². The third kappa shape index (κ3) is 4.22. The fraction of sp³-hybridized carbons (Fsp3) is 0.212. The molecule has 0 bridgehead atoms. The normalized spacial score (nSPS) is 15.5. The van der Waals surface area contributed by atoms with Crippen LogP contribution in [0.25, 0.3) is 21.5 Å². The number of rotatable bonds is 6. The van der Waals surface area contributed by atoms with Crippen molar-refractivity contribution < 1.29 is 9.76 Å². The smallest absolute Gasteiger partial charge is 0.309 e. The second kappa shape index (κ2) is 9.19. The molecule has 0 aromatic heterocycles. The van der Waals surface area contributed by atoms with Gasteiger partial charge >= 0.3 is 7.48 Å². The van der Waals surface area contributed by atoms with Crippen LogP contribution in [0.3, 0.4) is 0 Å². The van der Waals surface area contributed by atoms with E-state index < -0.39 is 11.2 Å². The SMILES string of the molecule is CC(C)(O)C(C)(C)OBc1ccc2ccc3ccc4c(c3c2c1)N(c1ccccc1)C(c1ccccc1)N4. The maximum Gasteiger partial charge on any atom is 0.309 e. The van der Waals surface area contributed by atoms with Crippen molar-refractivity contribution >= 4 is 51.6 Å². The predicted molar refractivity (Wildman–Crippen MR) is 161 cm³/mol. The quantitative estimate of drug-likeness (QED) is 0.199. The molecule has 1 heterocycles. The van der Waals surface area contributed by atoms with Crippen LogP contribution in [0, 0.1) is 0 Å². The van der Waals surface area contributed by atoms with Gasteiger partial charge in [-0.25, -0.2) is 0 Å². The molecule has 0 saturated heterocycles. The zero-order valence-corrected chi connectivity index (χ0v) is 22.4. The minimum atomic E-state index is -0.953. The van der Waals surface area contributed by atoms with Crippen molar-refractivity contribution in [1.82, 2.24) is 0 Å². The highest BCUT2D eigenvalue weighted by atomic mass is 16.5. The molecule has 4 nitrogen and oxygen atoms in total. The molecular weight excluding hydrogens is 467 g/mol. The molecule has 6 rings (SSSR count). The van der Waals surface area contributed by atoms with Gasteiger partial charge in [0.1, 0.15) is 6.17 Å². The number of anilines is 3. The first-order valence-electron chi connectivity index (χ1n) is 13.2. The van der Waals surface area contributed by atoms with Crippen LogP contribution in [0.15, 0.2) is 103 Å². The molecule has 5 heteroatoms. The first-order chi connectivity index (χ1) is 18.2. The van der Waals surface area contributed by atoms with E-state index in [0.717, 1.165) is 16.8 Å². The van der Waals surface area contributed by atoms with Crippen molar-refractivity contribution in [1.29, 1.82) is 0 Å². The van der Waals surface area contributed by atoms with Crippen LogP contribution in [0.4, 0.5) is 17.1 Å². The molecule has 0 aliphatic carbocycles. The lowest BCUT2D eigenvalue weighted by Crippen LogP contribution is -2.49. The largest absolute Gasteiger partial charge is 0.427 e. The van der Waals surface area contributed by atoms with Crippen LogP contribution in [-0.2, 0) is 4.65 Å². The zero-order valence-electron chi connectivity index (χ0n) is 22.4. The monoisotopic (exact) mass is 500 g/mol. The van der Waals surface area contributed by atoms with Gasteiger partial charge in [-0.2, -0.15) is 0 Å². The zero-order chi connectivity index (χ0) is 26.5. The average Bonchev–Trinajstić information content (AvgIpc) is 3.32. The molecule has 5 aromatic carbocycles. The van der Waals surface area contributed by atoms with Crippen molar-refractivity contribution in [3.05, 3.63) is 109 Å². The van der Waals surface area contributed by atoms with Crippen molar-refractivity contribution in [2.24, 2.45) is 0 Å². The Morgan fingerprint density at radius 1 is 0.789 bits per heavy atom. The minimum Gasteiger partial charge on any atom is -0.427 e. The maximum atomic E-state index is 10.6. The van der Waals surface area contributed by atoms with E-state index in [1.165, 1.54) is 32.8 Å². The minimum absolute atomic E-state index is 0.0199. The van der Waals surface area contributed by atoms with E-state index >= 15 is 0 Å². The number of fused-ring (bicyclic) bond motifs is 5. The van der Waals surface area contributed by atoms with Gasteiger partial charge in [0.05, 0.1) is 22.6 Å². The molecule has 0 saturated carbocycles. The third-order valence-corrected chi connectivity index (χ3v) is 8.05. The Hall–Kier alpha value is -3.80. The van der Waals surface area contributed by atoms with Crippen LogP contribution < -0.4 is 15.7 Å². The van der Waals surface area contributed by atoms with Gasteiger partial charge in [-0.1, -0.05) is 90.4 Å². The van der Waals surface area contributed by atoms with Crippen LogP contribution in [0.1, 0.15) is 39.4 Å². The van der Waals surface area contributed by atoms with Gasteiger partial charge < -0.3 is 20.0 Å². The summed E-state index contributed by atoms with van der Waals surface area (Å²) in [5.74, 6) is 0. The van der Waals surface area contributed by atoms with Crippen LogP contribution in [0.5, 0.6) is 0 Å². The predicted octanol–water partition coefficient (Wildman–Crippen LogP) is 6.80. The highest BCUT2D eigenvalue weighted by Gasteiger charge is 2.36. The summed E-state index contributed by atoms with van der Waals surface area (Å²) < 4.78 is 6.23. The van der Waals surface area contributed by atoms with E-state index in [-0.39, 0.29) is 6.17 Å². The summed E-state index contributed by atoms with van der Waals surface area (Å²) in [7, 11) is 0.422. The summed E-state index contributed by atoms with van der Waals surface area (Å²) in [6.45, 7) is 7.45. The highest BCUT2D eigenvalue weighted by Crippen LogP contribution is 2.50. The summed E-state index contributed by atoms with van der Waals surface area (Å²) in [5.41, 5.74) is 4.10. The maximum absolute atomic E-state index is 10.6. The van der Waals surface area contributed by atoms with Crippen LogP contribution in [0.2, 0.25) is 0 Å². The number of hydrogen-bond donors (Lipinski definition) is 2. The van der Waals surface area contributed by atoms with Gasteiger partial charge in [-0.15, -0.1) is 0 Å². The molecule has 5 aromatic rings. The van der Waals surface area contributed by atoms with E-state index in [0.29, 0.717) is 7.48 Å². The second-order valence-corrected chi connectivity index (χ2v) is 11.2.